The van der Waals surface area contributed by atoms with Crippen molar-refractivity contribution in [2.45, 2.75) is 47.0 Å². The quantitative estimate of drug-likeness (QED) is 0.624. The zero-order valence-electron chi connectivity index (χ0n) is 9.93. The molecule has 1 aliphatic carbocycles. The second kappa shape index (κ2) is 5.19. The summed E-state index contributed by atoms with van der Waals surface area (Å²) in [6.07, 6.45) is 3.95. The third-order valence-corrected chi connectivity index (χ3v) is 2.96. The maximum atomic E-state index is 2.35. The van der Waals surface area contributed by atoms with Crippen LogP contribution >= 0.6 is 0 Å². The predicted octanol–water partition coefficient (Wildman–Crippen LogP) is 4.15. The summed E-state index contributed by atoms with van der Waals surface area (Å²) in [7, 11) is 0. The molecule has 0 spiro atoms. The Morgan fingerprint density at radius 1 is 1.14 bits per heavy atom. The van der Waals surface area contributed by atoms with E-state index in [1.54, 1.807) is 11.1 Å². The molecule has 1 aliphatic rings. The van der Waals surface area contributed by atoms with Crippen LogP contribution in [0.4, 0.5) is 0 Å². The zero-order valence-corrected chi connectivity index (χ0v) is 9.93. The molecule has 0 fully saturated rings. The molecule has 78 valence electrons. The van der Waals surface area contributed by atoms with E-state index >= 15 is 0 Å². The Balaban J connectivity index is 0.000000461. The van der Waals surface area contributed by atoms with E-state index in [9.17, 15) is 0 Å². The van der Waals surface area contributed by atoms with Crippen LogP contribution in [0.2, 0.25) is 0 Å². The monoisotopic (exact) mass is 190 g/mol. The topological polar surface area (TPSA) is 0 Å². The van der Waals surface area contributed by atoms with Crippen LogP contribution in [-0.4, -0.2) is 0 Å². The molecule has 0 N–H and O–H groups in total. The number of rotatable bonds is 1. The van der Waals surface area contributed by atoms with Gasteiger partial charge >= 0.3 is 0 Å². The maximum Gasteiger partial charge on any atom is -0.0244 e. The van der Waals surface area contributed by atoms with Crippen molar-refractivity contribution in [3.63, 3.8) is 0 Å². The van der Waals surface area contributed by atoms with Gasteiger partial charge in [-0.3, -0.25) is 0 Å². The fourth-order valence-corrected chi connectivity index (χ4v) is 2.13. The van der Waals surface area contributed by atoms with Gasteiger partial charge in [-0.25, -0.2) is 0 Å². The molecular formula is C14H22. The molecular weight excluding hydrogens is 168 g/mol. The third-order valence-electron chi connectivity index (χ3n) is 2.96. The first kappa shape index (κ1) is 11.3. The van der Waals surface area contributed by atoms with Gasteiger partial charge in [-0.2, -0.15) is 0 Å². The minimum atomic E-state index is 0.918. The van der Waals surface area contributed by atoms with E-state index < -0.39 is 0 Å². The number of hydrogen-bond donors (Lipinski definition) is 0. The minimum Gasteiger partial charge on any atom is -0.0683 e. The highest BCUT2D eigenvalue weighted by Gasteiger charge is 2.19. The summed E-state index contributed by atoms with van der Waals surface area (Å²) in [6.45, 7) is 8.48. The van der Waals surface area contributed by atoms with E-state index in [2.05, 4.69) is 32.0 Å². The van der Waals surface area contributed by atoms with Crippen LogP contribution in [0.1, 0.15) is 43.9 Å². The molecule has 14 heavy (non-hydrogen) atoms. The molecule has 0 amide bonds. The molecule has 0 aromatic heterocycles. The average molecular weight is 190 g/mol. The number of fused-ring (bicyclic) bond motifs is 1. The average Bonchev–Trinajstić information content (AvgIpc) is 2.62. The van der Waals surface area contributed by atoms with Crippen molar-refractivity contribution < 1.29 is 0 Å². The minimum absolute atomic E-state index is 0.918. The second-order valence-electron chi connectivity index (χ2n) is 3.95. The summed E-state index contributed by atoms with van der Waals surface area (Å²) in [4.78, 5) is 0. The van der Waals surface area contributed by atoms with Crippen molar-refractivity contribution in [1.29, 1.82) is 0 Å². The van der Waals surface area contributed by atoms with Gasteiger partial charge in [0.25, 0.3) is 0 Å². The van der Waals surface area contributed by atoms with Crippen molar-refractivity contribution >= 4 is 0 Å². The molecule has 0 radical (unpaired) electrons. The molecule has 0 saturated heterocycles. The summed E-state index contributed by atoms with van der Waals surface area (Å²) in [6, 6.07) is 6.89. The van der Waals surface area contributed by atoms with Crippen LogP contribution in [0.15, 0.2) is 18.2 Å². The standard InChI is InChI=1S/C12H16.C2H6/c1-3-10-7-11-5-4-9(2)6-12(11)8-10;1-2/h4-6,10H,3,7-8H2,1-2H3;1-2H3. The zero-order chi connectivity index (χ0) is 10.6. The lowest BCUT2D eigenvalue weighted by molar-refractivity contribution is 0.543. The van der Waals surface area contributed by atoms with E-state index in [4.69, 9.17) is 0 Å². The molecule has 1 aromatic rings. The van der Waals surface area contributed by atoms with Gasteiger partial charge < -0.3 is 0 Å². The highest BCUT2D eigenvalue weighted by atomic mass is 14.2. The lowest BCUT2D eigenvalue weighted by atomic mass is 10.0. The van der Waals surface area contributed by atoms with E-state index in [0.717, 1.165) is 5.92 Å². The lowest BCUT2D eigenvalue weighted by Crippen LogP contribution is -1.95. The van der Waals surface area contributed by atoms with Crippen molar-refractivity contribution in [2.75, 3.05) is 0 Å². The fraction of sp³-hybridized carbons (Fsp3) is 0.571. The van der Waals surface area contributed by atoms with Crippen LogP contribution in [0, 0.1) is 12.8 Å². The highest BCUT2D eigenvalue weighted by Crippen LogP contribution is 2.28. The molecule has 0 bridgehead atoms. The number of hydrogen-bond acceptors (Lipinski definition) is 0. The first-order valence-corrected chi connectivity index (χ1v) is 5.88. The van der Waals surface area contributed by atoms with Crippen molar-refractivity contribution in [1.82, 2.24) is 0 Å². The third kappa shape index (κ3) is 2.37. The molecule has 1 atom stereocenters. The van der Waals surface area contributed by atoms with Gasteiger partial charge in [0.05, 0.1) is 0 Å². The molecule has 0 heteroatoms. The molecule has 0 saturated carbocycles. The van der Waals surface area contributed by atoms with Crippen molar-refractivity contribution in [3.05, 3.63) is 34.9 Å². The van der Waals surface area contributed by atoms with E-state index in [1.807, 2.05) is 13.8 Å². The number of aryl methyl sites for hydroxylation is 1. The van der Waals surface area contributed by atoms with E-state index in [1.165, 1.54) is 24.8 Å². The predicted molar refractivity (Wildman–Crippen MR) is 63.7 cm³/mol. The van der Waals surface area contributed by atoms with Gasteiger partial charge in [-0.15, -0.1) is 0 Å². The normalized spacial score (nSPS) is 18.4. The van der Waals surface area contributed by atoms with E-state index in [0.29, 0.717) is 0 Å². The molecule has 2 rings (SSSR count). The molecule has 0 heterocycles. The van der Waals surface area contributed by atoms with Gasteiger partial charge in [0.1, 0.15) is 0 Å². The van der Waals surface area contributed by atoms with Crippen molar-refractivity contribution in [3.8, 4) is 0 Å². The van der Waals surface area contributed by atoms with Gasteiger partial charge in [-0.05, 0) is 36.8 Å². The second-order valence-corrected chi connectivity index (χ2v) is 3.95. The Kier molecular flexibility index (Phi) is 4.19. The summed E-state index contributed by atoms with van der Waals surface area (Å²) in [5.74, 6) is 0.918. The summed E-state index contributed by atoms with van der Waals surface area (Å²) in [5.41, 5.74) is 4.60. The largest absolute Gasteiger partial charge is 0.0683 e. The smallest absolute Gasteiger partial charge is 0.0244 e. The Bertz CT molecular complexity index is 286. The Morgan fingerprint density at radius 3 is 2.43 bits per heavy atom. The van der Waals surface area contributed by atoms with E-state index in [-0.39, 0.29) is 0 Å². The molecule has 0 nitrogen and oxygen atoms in total. The van der Waals surface area contributed by atoms with Crippen LogP contribution in [-0.2, 0) is 12.8 Å². The van der Waals surface area contributed by atoms with Gasteiger partial charge in [0, 0.05) is 0 Å². The fourth-order valence-electron chi connectivity index (χ4n) is 2.13. The molecule has 0 aliphatic heterocycles. The summed E-state index contributed by atoms with van der Waals surface area (Å²) in [5, 5.41) is 0. The van der Waals surface area contributed by atoms with Gasteiger partial charge in [0.15, 0.2) is 0 Å². The number of benzene rings is 1. The van der Waals surface area contributed by atoms with Gasteiger partial charge in [-0.1, -0.05) is 51.0 Å². The van der Waals surface area contributed by atoms with Gasteiger partial charge in [0.2, 0.25) is 0 Å². The van der Waals surface area contributed by atoms with Crippen LogP contribution in [0.5, 0.6) is 0 Å². The lowest BCUT2D eigenvalue weighted by Gasteiger charge is -2.01. The SMILES string of the molecule is CC.CCC1Cc2ccc(C)cc2C1. The Morgan fingerprint density at radius 2 is 1.79 bits per heavy atom. The first-order chi connectivity index (χ1) is 6.79. The van der Waals surface area contributed by atoms with Crippen LogP contribution < -0.4 is 0 Å². The summed E-state index contributed by atoms with van der Waals surface area (Å²) >= 11 is 0. The maximum absolute atomic E-state index is 2.35. The Labute approximate surface area is 88.4 Å². The van der Waals surface area contributed by atoms with Crippen LogP contribution in [0.3, 0.4) is 0 Å². The first-order valence-electron chi connectivity index (χ1n) is 5.88. The van der Waals surface area contributed by atoms with Crippen LogP contribution in [0.25, 0.3) is 0 Å². The molecule has 1 aromatic carbocycles. The Hall–Kier alpha value is -0.780. The highest BCUT2D eigenvalue weighted by molar-refractivity contribution is 5.35. The summed E-state index contributed by atoms with van der Waals surface area (Å²) < 4.78 is 0. The molecule has 1 unspecified atom stereocenters. The van der Waals surface area contributed by atoms with Crippen molar-refractivity contribution in [2.24, 2.45) is 5.92 Å².